The summed E-state index contributed by atoms with van der Waals surface area (Å²) in [5, 5.41) is 0. The largest absolute Gasteiger partial charge is 0.321 e. The second kappa shape index (κ2) is 2.81. The Bertz CT molecular complexity index is 329. The highest BCUT2D eigenvalue weighted by atomic mass is 19.1. The van der Waals surface area contributed by atoms with Gasteiger partial charge in [-0.25, -0.2) is 4.39 Å². The Balaban J connectivity index is 2.43. The van der Waals surface area contributed by atoms with Gasteiger partial charge in [0, 0.05) is 5.54 Å². The van der Waals surface area contributed by atoms with Gasteiger partial charge in [0.05, 0.1) is 0 Å². The predicted molar refractivity (Wildman–Crippen MR) is 50.9 cm³/mol. The van der Waals surface area contributed by atoms with E-state index in [0.29, 0.717) is 0 Å². The summed E-state index contributed by atoms with van der Waals surface area (Å²) in [6.45, 7) is 1.99. The van der Waals surface area contributed by atoms with Gasteiger partial charge in [-0.15, -0.1) is 0 Å². The van der Waals surface area contributed by atoms with Crippen LogP contribution in [-0.2, 0) is 5.54 Å². The van der Waals surface area contributed by atoms with Gasteiger partial charge in [0.15, 0.2) is 0 Å². The average Bonchev–Trinajstić information content (AvgIpc) is 2.05. The topological polar surface area (TPSA) is 26.0 Å². The zero-order chi connectivity index (χ0) is 9.47. The summed E-state index contributed by atoms with van der Waals surface area (Å²) in [5.74, 6) is -0.183. The molecule has 0 heterocycles. The number of hydrogen-bond donors (Lipinski definition) is 1. The Labute approximate surface area is 77.8 Å². The Morgan fingerprint density at radius 3 is 2.62 bits per heavy atom. The summed E-state index contributed by atoms with van der Waals surface area (Å²) < 4.78 is 13.0. The summed E-state index contributed by atoms with van der Waals surface area (Å²) >= 11 is 0. The number of halogens is 1. The van der Waals surface area contributed by atoms with E-state index in [9.17, 15) is 4.39 Å². The van der Waals surface area contributed by atoms with Gasteiger partial charge in [-0.1, -0.05) is 6.07 Å². The number of nitrogens with two attached hydrogens (primary N) is 1. The van der Waals surface area contributed by atoms with Crippen molar-refractivity contribution in [1.29, 1.82) is 0 Å². The van der Waals surface area contributed by atoms with Gasteiger partial charge in [0.2, 0.25) is 0 Å². The predicted octanol–water partition coefficient (Wildman–Crippen LogP) is 2.47. The SMILES string of the molecule is Cc1ccc(F)cc1C1(N)CCC1. The lowest BCUT2D eigenvalue weighted by Gasteiger charge is -2.39. The van der Waals surface area contributed by atoms with Crippen LogP contribution in [0.1, 0.15) is 30.4 Å². The molecule has 0 aromatic heterocycles. The maximum atomic E-state index is 13.0. The van der Waals surface area contributed by atoms with E-state index in [2.05, 4.69) is 0 Å². The lowest BCUT2D eigenvalue weighted by atomic mass is 9.71. The van der Waals surface area contributed by atoms with Crippen molar-refractivity contribution in [3.63, 3.8) is 0 Å². The minimum atomic E-state index is -0.244. The molecule has 0 unspecified atom stereocenters. The van der Waals surface area contributed by atoms with Crippen molar-refractivity contribution in [2.45, 2.75) is 31.7 Å². The summed E-state index contributed by atoms with van der Waals surface area (Å²) in [5.41, 5.74) is 7.97. The average molecular weight is 179 g/mol. The van der Waals surface area contributed by atoms with E-state index >= 15 is 0 Å². The summed E-state index contributed by atoms with van der Waals surface area (Å²) in [7, 11) is 0. The minimum absolute atomic E-state index is 0.183. The molecule has 0 spiro atoms. The molecule has 70 valence electrons. The van der Waals surface area contributed by atoms with Gasteiger partial charge in [-0.3, -0.25) is 0 Å². The second-order valence-corrected chi connectivity index (χ2v) is 3.97. The molecule has 0 amide bonds. The van der Waals surface area contributed by atoms with Crippen molar-refractivity contribution in [1.82, 2.24) is 0 Å². The zero-order valence-corrected chi connectivity index (χ0v) is 7.81. The quantitative estimate of drug-likeness (QED) is 0.704. The Kier molecular flexibility index (Phi) is 1.88. The van der Waals surface area contributed by atoms with Crippen LogP contribution in [0, 0.1) is 12.7 Å². The van der Waals surface area contributed by atoms with Gasteiger partial charge < -0.3 is 5.73 Å². The van der Waals surface area contributed by atoms with E-state index in [1.807, 2.05) is 6.92 Å². The number of aryl methyl sites for hydroxylation is 1. The van der Waals surface area contributed by atoms with Crippen LogP contribution in [0.5, 0.6) is 0 Å². The molecule has 1 aromatic carbocycles. The van der Waals surface area contributed by atoms with Crippen LogP contribution in [0.4, 0.5) is 4.39 Å². The minimum Gasteiger partial charge on any atom is -0.321 e. The molecule has 0 aliphatic heterocycles. The first-order valence-electron chi connectivity index (χ1n) is 4.67. The highest BCUT2D eigenvalue weighted by Crippen LogP contribution is 2.40. The molecule has 1 fully saturated rings. The van der Waals surface area contributed by atoms with E-state index in [0.717, 1.165) is 30.4 Å². The molecule has 1 aromatic rings. The molecule has 0 atom stereocenters. The zero-order valence-electron chi connectivity index (χ0n) is 7.81. The molecule has 0 saturated heterocycles. The molecular weight excluding hydrogens is 165 g/mol. The maximum Gasteiger partial charge on any atom is 0.123 e. The monoisotopic (exact) mass is 179 g/mol. The van der Waals surface area contributed by atoms with Crippen molar-refractivity contribution in [2.24, 2.45) is 5.73 Å². The van der Waals surface area contributed by atoms with Crippen LogP contribution in [0.25, 0.3) is 0 Å². The van der Waals surface area contributed by atoms with Gasteiger partial charge in [-0.2, -0.15) is 0 Å². The Hall–Kier alpha value is -0.890. The van der Waals surface area contributed by atoms with Crippen LogP contribution >= 0.6 is 0 Å². The first-order chi connectivity index (χ1) is 6.12. The van der Waals surface area contributed by atoms with Gasteiger partial charge in [0.1, 0.15) is 5.82 Å². The molecule has 2 N–H and O–H groups in total. The summed E-state index contributed by atoms with van der Waals surface area (Å²) in [6, 6.07) is 4.87. The Morgan fingerprint density at radius 1 is 1.38 bits per heavy atom. The first kappa shape index (κ1) is 8.70. The van der Waals surface area contributed by atoms with E-state index < -0.39 is 0 Å². The number of hydrogen-bond acceptors (Lipinski definition) is 1. The fourth-order valence-electron chi connectivity index (χ4n) is 1.96. The van der Waals surface area contributed by atoms with Gasteiger partial charge in [-0.05, 0) is 49.4 Å². The molecule has 1 nitrogen and oxygen atoms in total. The lowest BCUT2D eigenvalue weighted by Crippen LogP contribution is -2.43. The van der Waals surface area contributed by atoms with Gasteiger partial charge in [0.25, 0.3) is 0 Å². The van der Waals surface area contributed by atoms with Crippen molar-refractivity contribution < 1.29 is 4.39 Å². The van der Waals surface area contributed by atoms with Crippen molar-refractivity contribution in [3.8, 4) is 0 Å². The molecule has 1 aliphatic carbocycles. The van der Waals surface area contributed by atoms with E-state index in [1.54, 1.807) is 12.1 Å². The van der Waals surface area contributed by atoms with Crippen LogP contribution in [0.2, 0.25) is 0 Å². The lowest BCUT2D eigenvalue weighted by molar-refractivity contribution is 0.251. The summed E-state index contributed by atoms with van der Waals surface area (Å²) in [4.78, 5) is 0. The maximum absolute atomic E-state index is 13.0. The normalized spacial score (nSPS) is 19.6. The second-order valence-electron chi connectivity index (χ2n) is 3.97. The molecule has 1 saturated carbocycles. The van der Waals surface area contributed by atoms with E-state index in [-0.39, 0.29) is 11.4 Å². The number of benzene rings is 1. The Morgan fingerprint density at radius 2 is 2.08 bits per heavy atom. The van der Waals surface area contributed by atoms with E-state index in [4.69, 9.17) is 5.73 Å². The smallest absolute Gasteiger partial charge is 0.123 e. The number of rotatable bonds is 1. The fraction of sp³-hybridized carbons (Fsp3) is 0.455. The van der Waals surface area contributed by atoms with Crippen molar-refractivity contribution in [3.05, 3.63) is 35.1 Å². The standard InChI is InChI=1S/C11H14FN/c1-8-3-4-9(12)7-10(8)11(13)5-2-6-11/h3-4,7H,2,5-6,13H2,1H3. The molecule has 0 bridgehead atoms. The highest BCUT2D eigenvalue weighted by Gasteiger charge is 2.35. The third kappa shape index (κ3) is 1.35. The third-order valence-corrected chi connectivity index (χ3v) is 2.98. The van der Waals surface area contributed by atoms with Crippen LogP contribution in [0.3, 0.4) is 0 Å². The van der Waals surface area contributed by atoms with Crippen molar-refractivity contribution >= 4 is 0 Å². The van der Waals surface area contributed by atoms with Crippen LogP contribution in [-0.4, -0.2) is 0 Å². The van der Waals surface area contributed by atoms with Crippen LogP contribution < -0.4 is 5.73 Å². The van der Waals surface area contributed by atoms with Gasteiger partial charge >= 0.3 is 0 Å². The molecule has 2 heteroatoms. The molecule has 2 rings (SSSR count). The first-order valence-corrected chi connectivity index (χ1v) is 4.67. The van der Waals surface area contributed by atoms with Crippen molar-refractivity contribution in [2.75, 3.05) is 0 Å². The molecular formula is C11H14FN. The van der Waals surface area contributed by atoms with Crippen LogP contribution in [0.15, 0.2) is 18.2 Å². The van der Waals surface area contributed by atoms with E-state index in [1.165, 1.54) is 6.07 Å². The fourth-order valence-corrected chi connectivity index (χ4v) is 1.96. The molecule has 0 radical (unpaired) electrons. The summed E-state index contributed by atoms with van der Waals surface area (Å²) in [6.07, 6.45) is 3.13. The molecule has 1 aliphatic rings. The highest BCUT2D eigenvalue weighted by molar-refractivity contribution is 5.34. The molecule has 13 heavy (non-hydrogen) atoms. The third-order valence-electron chi connectivity index (χ3n) is 2.98.